The molecule has 1 N–H and O–H groups in total. The fourth-order valence-electron chi connectivity index (χ4n) is 0.547. The lowest BCUT2D eigenvalue weighted by Gasteiger charge is -2.21. The van der Waals surface area contributed by atoms with E-state index < -0.39 is 5.60 Å². The highest BCUT2D eigenvalue weighted by Crippen LogP contribution is 2.06. The van der Waals surface area contributed by atoms with Crippen molar-refractivity contribution in [2.24, 2.45) is 0 Å². The molecule has 0 saturated carbocycles. The summed E-state index contributed by atoms with van der Waals surface area (Å²) in [4.78, 5) is 11.1. The number of ether oxygens (including phenoxy) is 1. The highest BCUT2D eigenvalue weighted by molar-refractivity contribution is 9.09. The topological polar surface area (TPSA) is 38.3 Å². The minimum atomic E-state index is -0.421. The maximum absolute atomic E-state index is 11.1. The third kappa shape index (κ3) is 6.46. The van der Waals surface area contributed by atoms with Crippen molar-refractivity contribution in [3.8, 4) is 0 Å². The number of hydrogen-bond acceptors (Lipinski definition) is 2. The van der Waals surface area contributed by atoms with E-state index in [9.17, 15) is 4.79 Å². The van der Waals surface area contributed by atoms with Crippen molar-refractivity contribution in [1.82, 2.24) is 5.32 Å². The van der Waals surface area contributed by atoms with E-state index >= 15 is 0 Å². The first-order chi connectivity index (χ1) is 5.35. The SMILES string of the molecule is CC(CBr)NC(=O)OC(C)(C)C. The molecule has 0 aliphatic carbocycles. The Hall–Kier alpha value is -0.250. The Kier molecular flexibility index (Phi) is 4.60. The first-order valence-electron chi connectivity index (χ1n) is 3.90. The van der Waals surface area contributed by atoms with Crippen LogP contribution < -0.4 is 5.32 Å². The van der Waals surface area contributed by atoms with E-state index in [-0.39, 0.29) is 12.1 Å². The second-order valence-corrected chi connectivity index (χ2v) is 4.35. The van der Waals surface area contributed by atoms with E-state index in [2.05, 4.69) is 21.2 Å². The fourth-order valence-corrected chi connectivity index (χ4v) is 0.709. The number of rotatable bonds is 2. The van der Waals surface area contributed by atoms with Crippen LogP contribution in [0.15, 0.2) is 0 Å². The predicted molar refractivity (Wildman–Crippen MR) is 52.6 cm³/mol. The van der Waals surface area contributed by atoms with Gasteiger partial charge in [0.2, 0.25) is 0 Å². The molecule has 0 aromatic heterocycles. The van der Waals surface area contributed by atoms with Crippen molar-refractivity contribution in [2.75, 3.05) is 5.33 Å². The zero-order chi connectivity index (χ0) is 9.78. The molecule has 0 aromatic carbocycles. The Morgan fingerprint density at radius 2 is 2.08 bits per heavy atom. The van der Waals surface area contributed by atoms with Gasteiger partial charge >= 0.3 is 6.09 Å². The summed E-state index contributed by atoms with van der Waals surface area (Å²) in [5, 5.41) is 3.41. The Bertz CT molecular complexity index is 154. The average molecular weight is 238 g/mol. The molecular formula is C8H16BrNO2. The van der Waals surface area contributed by atoms with Gasteiger partial charge < -0.3 is 10.1 Å². The van der Waals surface area contributed by atoms with Gasteiger partial charge in [0.15, 0.2) is 0 Å². The third-order valence-corrected chi connectivity index (χ3v) is 1.97. The summed E-state index contributed by atoms with van der Waals surface area (Å²) in [6.45, 7) is 7.42. The Balaban J connectivity index is 3.75. The summed E-state index contributed by atoms with van der Waals surface area (Å²) in [5.74, 6) is 0. The van der Waals surface area contributed by atoms with Gasteiger partial charge in [0.05, 0.1) is 0 Å². The summed E-state index contributed by atoms with van der Waals surface area (Å²) < 4.78 is 5.04. The second-order valence-electron chi connectivity index (χ2n) is 3.70. The van der Waals surface area contributed by atoms with Gasteiger partial charge in [0.1, 0.15) is 5.60 Å². The van der Waals surface area contributed by atoms with Crippen LogP contribution in [0.5, 0.6) is 0 Å². The molecule has 0 aromatic rings. The number of hydrogen-bond donors (Lipinski definition) is 1. The van der Waals surface area contributed by atoms with Crippen molar-refractivity contribution >= 4 is 22.0 Å². The molecule has 72 valence electrons. The number of alkyl halides is 1. The molecule has 1 amide bonds. The van der Waals surface area contributed by atoms with Gasteiger partial charge in [0, 0.05) is 11.4 Å². The van der Waals surface area contributed by atoms with Crippen LogP contribution in [-0.4, -0.2) is 23.1 Å². The van der Waals surface area contributed by atoms with Crippen LogP contribution in [0.3, 0.4) is 0 Å². The predicted octanol–water partition coefficient (Wildman–Crippen LogP) is 2.29. The highest BCUT2D eigenvalue weighted by Gasteiger charge is 2.16. The van der Waals surface area contributed by atoms with Crippen LogP contribution in [-0.2, 0) is 4.74 Å². The fraction of sp³-hybridized carbons (Fsp3) is 0.875. The molecule has 0 radical (unpaired) electrons. The van der Waals surface area contributed by atoms with Crippen molar-refractivity contribution in [3.63, 3.8) is 0 Å². The van der Waals surface area contributed by atoms with E-state index in [1.807, 2.05) is 27.7 Å². The summed E-state index contributed by atoms with van der Waals surface area (Å²) in [6.07, 6.45) is -0.366. The Morgan fingerprint density at radius 1 is 1.58 bits per heavy atom. The van der Waals surface area contributed by atoms with Gasteiger partial charge in [-0.15, -0.1) is 0 Å². The van der Waals surface area contributed by atoms with Crippen LogP contribution in [0.4, 0.5) is 4.79 Å². The minimum Gasteiger partial charge on any atom is -0.444 e. The molecule has 4 heteroatoms. The Morgan fingerprint density at radius 3 is 2.42 bits per heavy atom. The smallest absolute Gasteiger partial charge is 0.407 e. The van der Waals surface area contributed by atoms with Gasteiger partial charge in [-0.1, -0.05) is 15.9 Å². The molecule has 1 unspecified atom stereocenters. The van der Waals surface area contributed by atoms with E-state index in [0.29, 0.717) is 0 Å². The average Bonchev–Trinajstić information content (AvgIpc) is 1.82. The lowest BCUT2D eigenvalue weighted by Crippen LogP contribution is -2.38. The molecule has 0 bridgehead atoms. The number of halogens is 1. The van der Waals surface area contributed by atoms with Crippen molar-refractivity contribution in [2.45, 2.75) is 39.3 Å². The maximum Gasteiger partial charge on any atom is 0.407 e. The number of alkyl carbamates (subject to hydrolysis) is 1. The molecule has 0 fully saturated rings. The van der Waals surface area contributed by atoms with Crippen molar-refractivity contribution in [3.05, 3.63) is 0 Å². The lowest BCUT2D eigenvalue weighted by molar-refractivity contribution is 0.0514. The van der Waals surface area contributed by atoms with Crippen LogP contribution in [0.1, 0.15) is 27.7 Å². The summed E-state index contributed by atoms with van der Waals surface area (Å²) in [5.41, 5.74) is -0.421. The summed E-state index contributed by atoms with van der Waals surface area (Å²) >= 11 is 3.25. The molecule has 0 aliphatic rings. The maximum atomic E-state index is 11.1. The summed E-state index contributed by atoms with van der Waals surface area (Å²) in [6, 6.07) is 0.0971. The molecule has 0 aliphatic heterocycles. The van der Waals surface area contributed by atoms with Crippen LogP contribution in [0.2, 0.25) is 0 Å². The van der Waals surface area contributed by atoms with E-state index in [1.165, 1.54) is 0 Å². The molecule has 3 nitrogen and oxygen atoms in total. The van der Waals surface area contributed by atoms with E-state index in [1.54, 1.807) is 0 Å². The third-order valence-electron chi connectivity index (χ3n) is 0.995. The van der Waals surface area contributed by atoms with Crippen LogP contribution >= 0.6 is 15.9 Å². The largest absolute Gasteiger partial charge is 0.444 e. The highest BCUT2D eigenvalue weighted by atomic mass is 79.9. The molecule has 0 saturated heterocycles. The molecular weight excluding hydrogens is 222 g/mol. The first kappa shape index (κ1) is 11.8. The molecule has 12 heavy (non-hydrogen) atoms. The molecule has 0 spiro atoms. The number of carbonyl (C=O) groups excluding carboxylic acids is 1. The van der Waals surface area contributed by atoms with Gasteiger partial charge in [-0.25, -0.2) is 4.79 Å². The van der Waals surface area contributed by atoms with Gasteiger partial charge in [-0.3, -0.25) is 0 Å². The number of nitrogens with one attached hydrogen (secondary N) is 1. The zero-order valence-electron chi connectivity index (χ0n) is 7.98. The number of carbonyl (C=O) groups is 1. The Labute approximate surface area is 82.0 Å². The van der Waals surface area contributed by atoms with E-state index in [4.69, 9.17) is 4.74 Å². The second kappa shape index (κ2) is 4.70. The molecule has 0 rings (SSSR count). The van der Waals surface area contributed by atoms with Gasteiger partial charge in [-0.05, 0) is 27.7 Å². The standard InChI is InChI=1S/C8H16BrNO2/c1-6(5-9)10-7(11)12-8(2,3)4/h6H,5H2,1-4H3,(H,10,11). The molecule has 0 heterocycles. The summed E-state index contributed by atoms with van der Waals surface area (Å²) in [7, 11) is 0. The van der Waals surface area contributed by atoms with E-state index in [0.717, 1.165) is 5.33 Å². The van der Waals surface area contributed by atoms with Gasteiger partial charge in [-0.2, -0.15) is 0 Å². The van der Waals surface area contributed by atoms with Gasteiger partial charge in [0.25, 0.3) is 0 Å². The normalized spacial score (nSPS) is 13.8. The monoisotopic (exact) mass is 237 g/mol. The number of amides is 1. The molecule has 1 atom stereocenters. The van der Waals surface area contributed by atoms with Crippen molar-refractivity contribution < 1.29 is 9.53 Å². The van der Waals surface area contributed by atoms with Crippen molar-refractivity contribution in [1.29, 1.82) is 0 Å². The zero-order valence-corrected chi connectivity index (χ0v) is 9.56. The van der Waals surface area contributed by atoms with Crippen LogP contribution in [0.25, 0.3) is 0 Å². The lowest BCUT2D eigenvalue weighted by atomic mass is 10.2. The minimum absolute atomic E-state index is 0.0971. The van der Waals surface area contributed by atoms with Crippen LogP contribution in [0, 0.1) is 0 Å². The quantitative estimate of drug-likeness (QED) is 0.749. The first-order valence-corrected chi connectivity index (χ1v) is 5.03.